The lowest BCUT2D eigenvalue weighted by molar-refractivity contribution is -0.116. The van der Waals surface area contributed by atoms with Gasteiger partial charge in [0.1, 0.15) is 0 Å². The number of thioether (sulfide) groups is 1. The quantitative estimate of drug-likeness (QED) is 0.744. The first-order valence-electron chi connectivity index (χ1n) is 8.00. The molecule has 144 valence electrons. The van der Waals surface area contributed by atoms with Crippen LogP contribution in [-0.2, 0) is 14.8 Å². The van der Waals surface area contributed by atoms with Gasteiger partial charge in [0.15, 0.2) is 0 Å². The first kappa shape index (κ1) is 20.9. The number of anilines is 1. The summed E-state index contributed by atoms with van der Waals surface area (Å²) in [5.41, 5.74) is 0.521. The van der Waals surface area contributed by atoms with E-state index in [2.05, 4.69) is 5.32 Å². The predicted octanol–water partition coefficient (Wildman–Crippen LogP) is 2.72. The number of sulfonamides is 1. The third-order valence-electron chi connectivity index (χ3n) is 3.53. The van der Waals surface area contributed by atoms with E-state index in [9.17, 15) is 18.0 Å². The zero-order valence-corrected chi connectivity index (χ0v) is 16.9. The van der Waals surface area contributed by atoms with E-state index in [0.29, 0.717) is 5.69 Å². The summed E-state index contributed by atoms with van der Waals surface area (Å²) in [6.45, 7) is -0.313. The molecule has 1 N–H and O–H groups in total. The molecule has 0 heterocycles. The molecule has 0 aliphatic heterocycles. The van der Waals surface area contributed by atoms with E-state index >= 15 is 0 Å². The molecule has 2 rings (SSSR count). The summed E-state index contributed by atoms with van der Waals surface area (Å²) in [5.74, 6) is -0.457. The van der Waals surface area contributed by atoms with Crippen molar-refractivity contribution >= 4 is 38.6 Å². The Kier molecular flexibility index (Phi) is 7.00. The molecule has 2 aromatic carbocycles. The lowest BCUT2D eigenvalue weighted by Crippen LogP contribution is -2.34. The second kappa shape index (κ2) is 9.03. The van der Waals surface area contributed by atoms with Gasteiger partial charge in [0.05, 0.1) is 11.4 Å². The predicted molar refractivity (Wildman–Crippen MR) is 106 cm³/mol. The number of benzene rings is 2. The molecule has 0 aliphatic rings. The van der Waals surface area contributed by atoms with Gasteiger partial charge in [0, 0.05) is 31.7 Å². The summed E-state index contributed by atoms with van der Waals surface area (Å²) in [7, 11) is 0.969. The summed E-state index contributed by atoms with van der Waals surface area (Å²) < 4.78 is 25.9. The minimum absolute atomic E-state index is 0.0977. The normalized spacial score (nSPS) is 11.3. The highest BCUT2D eigenvalue weighted by Gasteiger charge is 2.22. The first-order valence-corrected chi connectivity index (χ1v) is 10.3. The van der Waals surface area contributed by atoms with Crippen LogP contribution in [0, 0.1) is 0 Å². The Morgan fingerprint density at radius 3 is 2.11 bits per heavy atom. The van der Waals surface area contributed by atoms with Gasteiger partial charge < -0.3 is 10.2 Å². The van der Waals surface area contributed by atoms with Gasteiger partial charge in [0.25, 0.3) is 5.24 Å². The van der Waals surface area contributed by atoms with Crippen molar-refractivity contribution in [3.63, 3.8) is 0 Å². The number of nitrogens with one attached hydrogen (secondary N) is 1. The fraction of sp³-hybridized carbons (Fsp3) is 0.222. The Bertz CT molecular complexity index is 898. The van der Waals surface area contributed by atoms with E-state index in [4.69, 9.17) is 0 Å². The third kappa shape index (κ3) is 5.81. The van der Waals surface area contributed by atoms with Crippen LogP contribution < -0.4 is 5.32 Å². The second-order valence-corrected chi connectivity index (χ2v) is 8.98. The molecule has 9 heteroatoms. The number of carbonyl (C=O) groups is 2. The number of likely N-dealkylation sites (N-methyl/N-ethyl adjacent to an activating group) is 1. The maximum absolute atomic E-state index is 12.4. The summed E-state index contributed by atoms with van der Waals surface area (Å²) in [6.07, 6.45) is 0. The van der Waals surface area contributed by atoms with E-state index in [-0.39, 0.29) is 16.7 Å². The van der Waals surface area contributed by atoms with E-state index in [1.54, 1.807) is 56.6 Å². The minimum Gasteiger partial charge on any atom is -0.339 e. The highest BCUT2D eigenvalue weighted by Crippen LogP contribution is 2.22. The van der Waals surface area contributed by atoms with Gasteiger partial charge in [-0.15, -0.1) is 0 Å². The lowest BCUT2D eigenvalue weighted by Gasteiger charge is -2.17. The maximum atomic E-state index is 12.4. The van der Waals surface area contributed by atoms with Crippen molar-refractivity contribution in [2.45, 2.75) is 9.79 Å². The van der Waals surface area contributed by atoms with Gasteiger partial charge in [-0.1, -0.05) is 18.2 Å². The van der Waals surface area contributed by atoms with Crippen molar-refractivity contribution < 1.29 is 18.0 Å². The van der Waals surface area contributed by atoms with Crippen molar-refractivity contribution in [1.29, 1.82) is 0 Å². The number of hydrogen-bond donors (Lipinski definition) is 1. The summed E-state index contributed by atoms with van der Waals surface area (Å²) in [6, 6.07) is 14.7. The number of rotatable bonds is 6. The molecule has 0 fully saturated rings. The standard InChI is InChI=1S/C18H21N3O4S2/c1-20(2)18(23)26-15-11-9-14(10-12-15)19-17(22)13-21(3)27(24,25)16-7-5-4-6-8-16/h4-12H,13H2,1-3H3,(H,19,22). The molecule has 27 heavy (non-hydrogen) atoms. The average molecular weight is 408 g/mol. The zero-order chi connectivity index (χ0) is 20.0. The number of hydrogen-bond acceptors (Lipinski definition) is 5. The SMILES string of the molecule is CN(C)C(=O)Sc1ccc(NC(=O)CN(C)S(=O)(=O)c2ccccc2)cc1. The highest BCUT2D eigenvalue weighted by atomic mass is 32.2. The van der Waals surface area contributed by atoms with E-state index in [0.717, 1.165) is 21.0 Å². The Hall–Kier alpha value is -2.36. The molecule has 0 saturated carbocycles. The molecule has 0 aliphatic carbocycles. The summed E-state index contributed by atoms with van der Waals surface area (Å²) in [4.78, 5) is 26.2. The van der Waals surface area contributed by atoms with Crippen LogP contribution in [-0.4, -0.2) is 56.5 Å². The smallest absolute Gasteiger partial charge is 0.285 e. The van der Waals surface area contributed by atoms with Crippen LogP contribution in [0.2, 0.25) is 0 Å². The van der Waals surface area contributed by atoms with Crippen LogP contribution in [0.15, 0.2) is 64.4 Å². The fourth-order valence-electron chi connectivity index (χ4n) is 2.06. The highest BCUT2D eigenvalue weighted by molar-refractivity contribution is 8.13. The molecular formula is C18H21N3O4S2. The molecule has 7 nitrogen and oxygen atoms in total. The van der Waals surface area contributed by atoms with Crippen LogP contribution in [0.4, 0.5) is 10.5 Å². The van der Waals surface area contributed by atoms with Crippen LogP contribution in [0.3, 0.4) is 0 Å². The Morgan fingerprint density at radius 2 is 1.56 bits per heavy atom. The van der Waals surface area contributed by atoms with Gasteiger partial charge in [0.2, 0.25) is 15.9 Å². The number of nitrogens with zero attached hydrogens (tertiary/aromatic N) is 2. The monoisotopic (exact) mass is 407 g/mol. The first-order chi connectivity index (χ1) is 12.7. The molecule has 0 spiro atoms. The van der Waals surface area contributed by atoms with Crippen molar-refractivity contribution in [2.24, 2.45) is 0 Å². The van der Waals surface area contributed by atoms with Gasteiger partial charge in [-0.05, 0) is 48.2 Å². The van der Waals surface area contributed by atoms with Crippen LogP contribution in [0.25, 0.3) is 0 Å². The van der Waals surface area contributed by atoms with Crippen LogP contribution >= 0.6 is 11.8 Å². The van der Waals surface area contributed by atoms with E-state index in [1.165, 1.54) is 24.1 Å². The summed E-state index contributed by atoms with van der Waals surface area (Å²) in [5, 5.41) is 2.55. The molecule has 0 bridgehead atoms. The Labute approximate surface area is 163 Å². The van der Waals surface area contributed by atoms with Gasteiger partial charge in [-0.25, -0.2) is 8.42 Å². The third-order valence-corrected chi connectivity index (χ3v) is 6.39. The molecule has 0 unspecified atom stereocenters. The van der Waals surface area contributed by atoms with Crippen LogP contribution in [0.5, 0.6) is 0 Å². The molecule has 0 aromatic heterocycles. The van der Waals surface area contributed by atoms with Crippen molar-refractivity contribution in [3.05, 3.63) is 54.6 Å². The summed E-state index contributed by atoms with van der Waals surface area (Å²) >= 11 is 1.08. The Morgan fingerprint density at radius 1 is 0.963 bits per heavy atom. The molecule has 0 radical (unpaired) electrons. The molecule has 2 aromatic rings. The van der Waals surface area contributed by atoms with Crippen LogP contribution in [0.1, 0.15) is 0 Å². The maximum Gasteiger partial charge on any atom is 0.285 e. The largest absolute Gasteiger partial charge is 0.339 e. The fourth-order valence-corrected chi connectivity index (χ4v) is 3.86. The van der Waals surface area contributed by atoms with Gasteiger partial charge in [-0.2, -0.15) is 4.31 Å². The Balaban J connectivity index is 1.96. The van der Waals surface area contributed by atoms with E-state index in [1.807, 2.05) is 0 Å². The van der Waals surface area contributed by atoms with Crippen molar-refractivity contribution in [2.75, 3.05) is 33.0 Å². The molecule has 2 amide bonds. The zero-order valence-electron chi connectivity index (χ0n) is 15.2. The topological polar surface area (TPSA) is 86.8 Å². The molecule has 0 atom stereocenters. The van der Waals surface area contributed by atoms with E-state index < -0.39 is 15.9 Å². The number of amides is 2. The molecule has 0 saturated heterocycles. The van der Waals surface area contributed by atoms with Crippen molar-refractivity contribution in [1.82, 2.24) is 9.21 Å². The van der Waals surface area contributed by atoms with Gasteiger partial charge in [-0.3, -0.25) is 9.59 Å². The lowest BCUT2D eigenvalue weighted by atomic mass is 10.3. The number of carbonyl (C=O) groups excluding carboxylic acids is 2. The average Bonchev–Trinajstić information content (AvgIpc) is 2.63. The van der Waals surface area contributed by atoms with Crippen molar-refractivity contribution in [3.8, 4) is 0 Å². The second-order valence-electron chi connectivity index (χ2n) is 5.91. The van der Waals surface area contributed by atoms with Gasteiger partial charge >= 0.3 is 0 Å². The molecular weight excluding hydrogens is 386 g/mol. The minimum atomic E-state index is -3.73.